The Hall–Kier alpha value is -1.78. The zero-order chi connectivity index (χ0) is 11.9. The minimum absolute atomic E-state index is 1.13. The number of para-hydroxylation sites is 1. The van der Waals surface area contributed by atoms with Crippen LogP contribution in [0.15, 0.2) is 47.8 Å². The topological polar surface area (TPSA) is 27.8 Å². The molecule has 0 radical (unpaired) electrons. The molecule has 4 aromatic rings. The van der Waals surface area contributed by atoms with Gasteiger partial charge in [0.05, 0.1) is 15.2 Å². The minimum Gasteiger partial charge on any atom is -0.347 e. The molecule has 4 rings (SSSR count). The van der Waals surface area contributed by atoms with Crippen molar-refractivity contribution < 1.29 is 0 Å². The van der Waals surface area contributed by atoms with E-state index in [2.05, 4.69) is 39.9 Å². The molecule has 0 spiro atoms. The van der Waals surface area contributed by atoms with Crippen molar-refractivity contribution in [2.75, 3.05) is 5.32 Å². The minimum atomic E-state index is 1.13. The number of hydrogen-bond acceptors (Lipinski definition) is 3. The molecule has 0 atom stereocenters. The Kier molecular flexibility index (Phi) is 2.18. The van der Waals surface area contributed by atoms with E-state index in [1.165, 1.54) is 25.4 Å². The van der Waals surface area contributed by atoms with Gasteiger partial charge in [-0.2, -0.15) is 0 Å². The first kappa shape index (κ1) is 10.2. The maximum absolute atomic E-state index is 3.45. The highest BCUT2D eigenvalue weighted by atomic mass is 32.1. The Morgan fingerprint density at radius 2 is 1.94 bits per heavy atom. The zero-order valence-electron chi connectivity index (χ0n) is 9.44. The fourth-order valence-corrected chi connectivity index (χ4v) is 4.05. The molecule has 0 aliphatic carbocycles. The largest absolute Gasteiger partial charge is 0.347 e. The predicted octanol–water partition coefficient (Wildman–Crippen LogP) is 5.19. The molecule has 18 heavy (non-hydrogen) atoms. The highest BCUT2D eigenvalue weighted by Crippen LogP contribution is 2.38. The maximum Gasteiger partial charge on any atom is 0.102 e. The van der Waals surface area contributed by atoms with E-state index in [1.54, 1.807) is 22.7 Å². The van der Waals surface area contributed by atoms with Crippen LogP contribution in [0.2, 0.25) is 0 Å². The SMILES string of the molecule is c1ccc(Nc2cc3[nH]c4sccc4c3s2)cc1. The molecule has 0 saturated heterocycles. The van der Waals surface area contributed by atoms with E-state index < -0.39 is 0 Å². The molecule has 1 aromatic carbocycles. The summed E-state index contributed by atoms with van der Waals surface area (Å²) < 4.78 is 1.34. The number of hydrogen-bond donors (Lipinski definition) is 2. The van der Waals surface area contributed by atoms with Gasteiger partial charge >= 0.3 is 0 Å². The molecule has 3 aromatic heterocycles. The number of aromatic nitrogens is 1. The van der Waals surface area contributed by atoms with Crippen LogP contribution in [0.5, 0.6) is 0 Å². The van der Waals surface area contributed by atoms with Gasteiger partial charge in [-0.05, 0) is 29.6 Å². The molecule has 0 saturated carbocycles. The second kappa shape index (κ2) is 3.86. The number of rotatable bonds is 2. The molecule has 0 bridgehead atoms. The Morgan fingerprint density at radius 3 is 2.83 bits per heavy atom. The van der Waals surface area contributed by atoms with Crippen molar-refractivity contribution in [1.82, 2.24) is 4.98 Å². The van der Waals surface area contributed by atoms with Crippen LogP contribution in [0.3, 0.4) is 0 Å². The highest BCUT2D eigenvalue weighted by Gasteiger charge is 2.09. The van der Waals surface area contributed by atoms with E-state index in [-0.39, 0.29) is 0 Å². The Balaban J connectivity index is 1.79. The number of anilines is 2. The van der Waals surface area contributed by atoms with Gasteiger partial charge in [0, 0.05) is 11.1 Å². The lowest BCUT2D eigenvalue weighted by Gasteiger charge is -2.01. The molecule has 2 N–H and O–H groups in total. The summed E-state index contributed by atoms with van der Waals surface area (Å²) in [5.41, 5.74) is 2.35. The van der Waals surface area contributed by atoms with Crippen LogP contribution in [0.1, 0.15) is 0 Å². The van der Waals surface area contributed by atoms with Gasteiger partial charge in [0.15, 0.2) is 0 Å². The predicted molar refractivity (Wildman–Crippen MR) is 81.3 cm³/mol. The van der Waals surface area contributed by atoms with Crippen LogP contribution in [0.4, 0.5) is 10.7 Å². The van der Waals surface area contributed by atoms with Crippen molar-refractivity contribution in [1.29, 1.82) is 0 Å². The molecular formula is C14H10N2S2. The van der Waals surface area contributed by atoms with Crippen molar-refractivity contribution >= 4 is 53.8 Å². The molecular weight excluding hydrogens is 260 g/mol. The number of thiophene rings is 2. The van der Waals surface area contributed by atoms with Crippen molar-refractivity contribution in [2.45, 2.75) is 0 Å². The van der Waals surface area contributed by atoms with Gasteiger partial charge in [-0.25, -0.2) is 0 Å². The summed E-state index contributed by atoms with van der Waals surface area (Å²) in [6.07, 6.45) is 0. The Bertz CT molecular complexity index is 808. The van der Waals surface area contributed by atoms with Crippen LogP contribution in [0.25, 0.3) is 20.4 Å². The van der Waals surface area contributed by atoms with Gasteiger partial charge in [-0.15, -0.1) is 22.7 Å². The highest BCUT2D eigenvalue weighted by molar-refractivity contribution is 7.25. The van der Waals surface area contributed by atoms with Crippen LogP contribution in [-0.4, -0.2) is 4.98 Å². The first-order valence-electron chi connectivity index (χ1n) is 5.71. The van der Waals surface area contributed by atoms with E-state index in [9.17, 15) is 0 Å². The average Bonchev–Trinajstić information content (AvgIpc) is 3.02. The number of benzene rings is 1. The summed E-state index contributed by atoms with van der Waals surface area (Å²) >= 11 is 3.56. The van der Waals surface area contributed by atoms with Crippen molar-refractivity contribution in [3.63, 3.8) is 0 Å². The second-order valence-corrected chi connectivity index (χ2v) is 6.10. The molecule has 0 fully saturated rings. The standard InChI is InChI=1S/C14H10N2S2/c1-2-4-9(5-3-1)15-12-8-11-13(18-12)10-6-7-17-14(10)16-11/h1-8,15-16H. The second-order valence-electron chi connectivity index (χ2n) is 4.13. The van der Waals surface area contributed by atoms with Gasteiger partial charge in [0.1, 0.15) is 4.83 Å². The maximum atomic E-state index is 3.45. The zero-order valence-corrected chi connectivity index (χ0v) is 11.1. The van der Waals surface area contributed by atoms with E-state index in [0.29, 0.717) is 0 Å². The third kappa shape index (κ3) is 1.54. The van der Waals surface area contributed by atoms with Crippen LogP contribution >= 0.6 is 22.7 Å². The fourth-order valence-electron chi connectivity index (χ4n) is 2.12. The Morgan fingerprint density at radius 1 is 1.06 bits per heavy atom. The van der Waals surface area contributed by atoms with Crippen molar-refractivity contribution in [3.05, 3.63) is 47.8 Å². The molecule has 0 unspecified atom stereocenters. The monoisotopic (exact) mass is 270 g/mol. The number of aromatic amines is 1. The number of H-pyrrole nitrogens is 1. The number of nitrogens with one attached hydrogen (secondary N) is 2. The van der Waals surface area contributed by atoms with Crippen LogP contribution < -0.4 is 5.32 Å². The van der Waals surface area contributed by atoms with Crippen LogP contribution in [0, 0.1) is 0 Å². The Labute approximate surface area is 112 Å². The lowest BCUT2D eigenvalue weighted by atomic mass is 10.3. The summed E-state index contributed by atoms with van der Waals surface area (Å²) in [5.74, 6) is 0. The fraction of sp³-hybridized carbons (Fsp3) is 0. The van der Waals surface area contributed by atoms with E-state index in [0.717, 1.165) is 5.69 Å². The third-order valence-electron chi connectivity index (χ3n) is 2.93. The summed E-state index contributed by atoms with van der Waals surface area (Å²) in [4.78, 5) is 4.72. The summed E-state index contributed by atoms with van der Waals surface area (Å²) in [5, 5.41) is 8.08. The van der Waals surface area contributed by atoms with E-state index in [4.69, 9.17) is 0 Å². The smallest absolute Gasteiger partial charge is 0.102 e. The molecule has 0 amide bonds. The van der Waals surface area contributed by atoms with Gasteiger partial charge in [0.2, 0.25) is 0 Å². The molecule has 0 aliphatic heterocycles. The first-order chi connectivity index (χ1) is 8.90. The third-order valence-corrected chi connectivity index (χ3v) is 4.85. The lowest BCUT2D eigenvalue weighted by molar-refractivity contribution is 1.58. The normalized spacial score (nSPS) is 11.3. The van der Waals surface area contributed by atoms with E-state index >= 15 is 0 Å². The van der Waals surface area contributed by atoms with Gasteiger partial charge < -0.3 is 10.3 Å². The lowest BCUT2D eigenvalue weighted by Crippen LogP contribution is -1.84. The summed E-state index contributed by atoms with van der Waals surface area (Å²) in [6, 6.07) is 14.6. The number of fused-ring (bicyclic) bond motifs is 3. The molecule has 2 nitrogen and oxygen atoms in total. The average molecular weight is 270 g/mol. The first-order valence-corrected chi connectivity index (χ1v) is 7.40. The van der Waals surface area contributed by atoms with E-state index in [1.807, 2.05) is 18.2 Å². The summed E-state index contributed by atoms with van der Waals surface area (Å²) in [7, 11) is 0. The van der Waals surface area contributed by atoms with Gasteiger partial charge in [-0.1, -0.05) is 18.2 Å². The van der Waals surface area contributed by atoms with Gasteiger partial charge in [-0.3, -0.25) is 0 Å². The van der Waals surface area contributed by atoms with Crippen molar-refractivity contribution in [3.8, 4) is 0 Å². The van der Waals surface area contributed by atoms with Crippen molar-refractivity contribution in [2.24, 2.45) is 0 Å². The molecule has 4 heteroatoms. The quantitative estimate of drug-likeness (QED) is 0.515. The molecule has 3 heterocycles. The molecule has 0 aliphatic rings. The van der Waals surface area contributed by atoms with Gasteiger partial charge in [0.25, 0.3) is 0 Å². The van der Waals surface area contributed by atoms with Crippen LogP contribution in [-0.2, 0) is 0 Å². The summed E-state index contributed by atoms with van der Waals surface area (Å²) in [6.45, 7) is 0. The molecule has 88 valence electrons.